The van der Waals surface area contributed by atoms with Gasteiger partial charge in [-0.2, -0.15) is 0 Å². The summed E-state index contributed by atoms with van der Waals surface area (Å²) in [5, 5.41) is 0. The summed E-state index contributed by atoms with van der Waals surface area (Å²) >= 11 is 3.30. The average molecular weight is 324 g/mol. The van der Waals surface area contributed by atoms with Gasteiger partial charge >= 0.3 is 0 Å². The molecular weight excluding hydrogens is 309 g/mol. The van der Waals surface area contributed by atoms with Gasteiger partial charge in [-0.05, 0) is 30.7 Å². The second-order valence-electron chi connectivity index (χ2n) is 4.33. The number of rotatable bonds is 4. The topological polar surface area (TPSA) is 35.2 Å². The van der Waals surface area contributed by atoms with Crippen LogP contribution in [0.3, 0.4) is 0 Å². The van der Waals surface area contributed by atoms with Crippen LogP contribution in [0.2, 0.25) is 0 Å². The van der Waals surface area contributed by atoms with Crippen molar-refractivity contribution < 1.29 is 9.13 Å². The van der Waals surface area contributed by atoms with Crippen molar-refractivity contribution in [2.45, 2.75) is 13.0 Å². The molecule has 0 heterocycles. The van der Waals surface area contributed by atoms with Crippen LogP contribution in [0, 0.1) is 12.7 Å². The molecule has 2 N–H and O–H groups in total. The summed E-state index contributed by atoms with van der Waals surface area (Å²) in [6.07, 6.45) is -0.358. The first-order valence-corrected chi connectivity index (χ1v) is 6.78. The lowest BCUT2D eigenvalue weighted by molar-refractivity contribution is 0.204. The van der Waals surface area contributed by atoms with Crippen molar-refractivity contribution >= 4 is 15.9 Å². The minimum atomic E-state index is -0.394. The molecule has 0 aliphatic rings. The fourth-order valence-corrected chi connectivity index (χ4v) is 2.18. The van der Waals surface area contributed by atoms with E-state index in [1.165, 1.54) is 6.07 Å². The lowest BCUT2D eigenvalue weighted by atomic mass is 10.1. The van der Waals surface area contributed by atoms with Crippen molar-refractivity contribution in [1.29, 1.82) is 0 Å². The first kappa shape index (κ1) is 14.0. The van der Waals surface area contributed by atoms with Crippen LogP contribution in [0.25, 0.3) is 0 Å². The van der Waals surface area contributed by atoms with E-state index in [1.807, 2.05) is 31.2 Å². The Morgan fingerprint density at radius 1 is 1.26 bits per heavy atom. The maximum Gasteiger partial charge on any atom is 0.165 e. The van der Waals surface area contributed by atoms with Gasteiger partial charge < -0.3 is 10.5 Å². The Labute approximate surface area is 120 Å². The normalized spacial score (nSPS) is 12.2. The van der Waals surface area contributed by atoms with E-state index in [0.29, 0.717) is 0 Å². The molecule has 2 aromatic rings. The Balaban J connectivity index is 2.26. The minimum absolute atomic E-state index is 0.200. The SMILES string of the molecule is Cc1cccc(C(CN)Oc2cc(Br)ccc2F)c1. The van der Waals surface area contributed by atoms with Crippen molar-refractivity contribution in [1.82, 2.24) is 0 Å². The number of nitrogens with two attached hydrogens (primary N) is 1. The highest BCUT2D eigenvalue weighted by atomic mass is 79.9. The van der Waals surface area contributed by atoms with E-state index in [4.69, 9.17) is 10.5 Å². The second-order valence-corrected chi connectivity index (χ2v) is 5.25. The van der Waals surface area contributed by atoms with Crippen molar-refractivity contribution in [2.24, 2.45) is 5.73 Å². The average Bonchev–Trinajstić information content (AvgIpc) is 2.39. The summed E-state index contributed by atoms with van der Waals surface area (Å²) in [7, 11) is 0. The molecule has 0 aliphatic carbocycles. The van der Waals surface area contributed by atoms with Crippen LogP contribution in [0.4, 0.5) is 4.39 Å². The van der Waals surface area contributed by atoms with E-state index < -0.39 is 5.82 Å². The van der Waals surface area contributed by atoms with Crippen molar-refractivity contribution in [3.8, 4) is 5.75 Å². The number of ether oxygens (including phenoxy) is 1. The molecule has 1 atom stereocenters. The predicted octanol–water partition coefficient (Wildman–Crippen LogP) is 3.98. The number of halogens is 2. The standard InChI is InChI=1S/C15H15BrFNO/c1-10-3-2-4-11(7-10)15(9-18)19-14-8-12(16)5-6-13(14)17/h2-8,15H,9,18H2,1H3. The lowest BCUT2D eigenvalue weighted by Gasteiger charge is -2.19. The summed E-state index contributed by atoms with van der Waals surface area (Å²) in [4.78, 5) is 0. The van der Waals surface area contributed by atoms with Crippen molar-refractivity contribution in [2.75, 3.05) is 6.54 Å². The van der Waals surface area contributed by atoms with Gasteiger partial charge in [0.2, 0.25) is 0 Å². The van der Waals surface area contributed by atoms with Gasteiger partial charge in [-0.3, -0.25) is 0 Å². The van der Waals surface area contributed by atoms with E-state index in [1.54, 1.807) is 12.1 Å². The highest BCUT2D eigenvalue weighted by Gasteiger charge is 2.14. The fourth-order valence-electron chi connectivity index (χ4n) is 1.84. The van der Waals surface area contributed by atoms with Crippen LogP contribution < -0.4 is 10.5 Å². The molecule has 4 heteroatoms. The molecule has 0 radical (unpaired) electrons. The summed E-state index contributed by atoms with van der Waals surface area (Å²) < 4.78 is 20.1. The number of hydrogen-bond acceptors (Lipinski definition) is 2. The zero-order valence-electron chi connectivity index (χ0n) is 10.6. The summed E-state index contributed by atoms with van der Waals surface area (Å²) in [6, 6.07) is 12.5. The Morgan fingerprint density at radius 2 is 2.05 bits per heavy atom. The molecule has 0 bridgehead atoms. The third kappa shape index (κ3) is 3.55. The van der Waals surface area contributed by atoms with E-state index in [2.05, 4.69) is 15.9 Å². The zero-order chi connectivity index (χ0) is 13.8. The highest BCUT2D eigenvalue weighted by molar-refractivity contribution is 9.10. The molecule has 19 heavy (non-hydrogen) atoms. The van der Waals surface area contributed by atoms with Gasteiger partial charge in [0.15, 0.2) is 11.6 Å². The van der Waals surface area contributed by atoms with E-state index in [-0.39, 0.29) is 18.4 Å². The third-order valence-electron chi connectivity index (χ3n) is 2.79. The molecule has 0 spiro atoms. The highest BCUT2D eigenvalue weighted by Crippen LogP contribution is 2.27. The Hall–Kier alpha value is -1.39. The Kier molecular flexibility index (Phi) is 4.56. The van der Waals surface area contributed by atoms with Gasteiger partial charge in [-0.1, -0.05) is 45.8 Å². The molecular formula is C15H15BrFNO. The van der Waals surface area contributed by atoms with Gasteiger partial charge in [-0.25, -0.2) is 4.39 Å². The zero-order valence-corrected chi connectivity index (χ0v) is 12.2. The quantitative estimate of drug-likeness (QED) is 0.923. The number of hydrogen-bond donors (Lipinski definition) is 1. The molecule has 0 aliphatic heterocycles. The first-order valence-electron chi connectivity index (χ1n) is 5.98. The molecule has 2 aromatic carbocycles. The maximum atomic E-state index is 13.7. The predicted molar refractivity (Wildman–Crippen MR) is 77.7 cm³/mol. The Morgan fingerprint density at radius 3 is 2.74 bits per heavy atom. The summed E-state index contributed by atoms with van der Waals surface area (Å²) in [6.45, 7) is 2.28. The molecule has 0 fully saturated rings. The number of aryl methyl sites for hydroxylation is 1. The molecule has 100 valence electrons. The van der Waals surface area contributed by atoms with Crippen LogP contribution in [0.15, 0.2) is 46.9 Å². The van der Waals surface area contributed by atoms with Crippen molar-refractivity contribution in [3.63, 3.8) is 0 Å². The second kappa shape index (κ2) is 6.17. The molecule has 0 aromatic heterocycles. The van der Waals surface area contributed by atoms with Crippen LogP contribution in [-0.2, 0) is 0 Å². The monoisotopic (exact) mass is 323 g/mol. The van der Waals surface area contributed by atoms with Crippen LogP contribution in [0.5, 0.6) is 5.75 Å². The largest absolute Gasteiger partial charge is 0.481 e. The molecule has 0 saturated carbocycles. The minimum Gasteiger partial charge on any atom is -0.481 e. The van der Waals surface area contributed by atoms with Crippen LogP contribution >= 0.6 is 15.9 Å². The van der Waals surface area contributed by atoms with E-state index >= 15 is 0 Å². The molecule has 0 saturated heterocycles. The van der Waals surface area contributed by atoms with Crippen LogP contribution in [-0.4, -0.2) is 6.54 Å². The van der Waals surface area contributed by atoms with Gasteiger partial charge in [0, 0.05) is 11.0 Å². The molecule has 1 unspecified atom stereocenters. The van der Waals surface area contributed by atoms with Gasteiger partial charge in [-0.15, -0.1) is 0 Å². The van der Waals surface area contributed by atoms with E-state index in [0.717, 1.165) is 15.6 Å². The molecule has 2 rings (SSSR count). The van der Waals surface area contributed by atoms with Crippen molar-refractivity contribution in [3.05, 3.63) is 63.9 Å². The summed E-state index contributed by atoms with van der Waals surface area (Å²) in [5.74, 6) is -0.194. The smallest absolute Gasteiger partial charge is 0.165 e. The maximum absolute atomic E-state index is 13.7. The van der Waals surface area contributed by atoms with Gasteiger partial charge in [0.25, 0.3) is 0 Å². The third-order valence-corrected chi connectivity index (χ3v) is 3.28. The first-order chi connectivity index (χ1) is 9.10. The molecule has 2 nitrogen and oxygen atoms in total. The lowest BCUT2D eigenvalue weighted by Crippen LogP contribution is -2.19. The van der Waals surface area contributed by atoms with Gasteiger partial charge in [0.1, 0.15) is 6.10 Å². The molecule has 0 amide bonds. The number of benzene rings is 2. The van der Waals surface area contributed by atoms with E-state index in [9.17, 15) is 4.39 Å². The fraction of sp³-hybridized carbons (Fsp3) is 0.200. The van der Waals surface area contributed by atoms with Gasteiger partial charge in [0.05, 0.1) is 0 Å². The Bertz CT molecular complexity index is 574. The van der Waals surface area contributed by atoms with Crippen LogP contribution in [0.1, 0.15) is 17.2 Å². The summed E-state index contributed by atoms with van der Waals surface area (Å²) in [5.41, 5.74) is 7.80.